The van der Waals surface area contributed by atoms with Gasteiger partial charge in [-0.25, -0.2) is 0 Å². The number of nitrogens with two attached hydrogens (primary N) is 1. The highest BCUT2D eigenvalue weighted by Gasteiger charge is 2.19. The summed E-state index contributed by atoms with van der Waals surface area (Å²) < 4.78 is 0.437. The van der Waals surface area contributed by atoms with E-state index in [2.05, 4.69) is 18.7 Å². The highest BCUT2D eigenvalue weighted by molar-refractivity contribution is 7.71. The molecular weight excluding hydrogens is 234 g/mol. The fourth-order valence-electron chi connectivity index (χ4n) is 1.96. The van der Waals surface area contributed by atoms with Crippen LogP contribution < -0.4 is 16.1 Å². The van der Waals surface area contributed by atoms with Crippen LogP contribution in [0.25, 0.3) is 0 Å². The average Bonchev–Trinajstić information content (AvgIpc) is 2.35. The third kappa shape index (κ3) is 2.91. The zero-order valence-corrected chi connectivity index (χ0v) is 11.6. The predicted octanol–water partition coefficient (Wildman–Crippen LogP) is 0.889. The Kier molecular flexibility index (Phi) is 5.24. The normalized spacial score (nSPS) is 11.4. The second kappa shape index (κ2) is 6.23. The molecule has 1 aromatic rings. The van der Waals surface area contributed by atoms with E-state index in [4.69, 9.17) is 18.0 Å². The van der Waals surface area contributed by atoms with Gasteiger partial charge in [0, 0.05) is 32.2 Å². The Morgan fingerprint density at radius 1 is 1.24 bits per heavy atom. The van der Waals surface area contributed by atoms with Crippen LogP contribution in [0.15, 0.2) is 4.79 Å². The van der Waals surface area contributed by atoms with E-state index in [1.807, 2.05) is 11.9 Å². The number of anilines is 1. The smallest absolute Gasteiger partial charge is 0.205 e. The van der Waals surface area contributed by atoms with Gasteiger partial charge in [0.2, 0.25) is 5.43 Å². The number of nitrogens with zero attached hydrogens (tertiary/aromatic N) is 2. The van der Waals surface area contributed by atoms with Crippen molar-refractivity contribution in [3.05, 3.63) is 20.3 Å². The minimum atomic E-state index is -0.0489. The molecule has 0 amide bonds. The lowest BCUT2D eigenvalue weighted by Crippen LogP contribution is -2.36. The summed E-state index contributed by atoms with van der Waals surface area (Å²) in [6.07, 6.45) is 0. The molecule has 1 rings (SSSR count). The Bertz CT molecular complexity index is 433. The highest BCUT2D eigenvalue weighted by Crippen LogP contribution is 2.20. The largest absolute Gasteiger partial charge is 0.372 e. The summed E-state index contributed by atoms with van der Waals surface area (Å²) in [5.41, 5.74) is 7.05. The minimum absolute atomic E-state index is 0.0489. The molecule has 2 N–H and O–H groups in total. The lowest BCUT2D eigenvalue weighted by Gasteiger charge is -2.27. The van der Waals surface area contributed by atoms with Crippen LogP contribution in [0.2, 0.25) is 0 Å². The van der Waals surface area contributed by atoms with Gasteiger partial charge in [0.15, 0.2) is 0 Å². The first-order valence-corrected chi connectivity index (χ1v) is 6.43. The maximum atomic E-state index is 11.4. The lowest BCUT2D eigenvalue weighted by molar-refractivity contribution is 0.311. The van der Waals surface area contributed by atoms with Crippen LogP contribution in [-0.4, -0.2) is 38.1 Å². The zero-order chi connectivity index (χ0) is 13.0. The first kappa shape index (κ1) is 14.3. The molecule has 0 saturated heterocycles. The van der Waals surface area contributed by atoms with Gasteiger partial charge in [-0.1, -0.05) is 26.1 Å². The molecule has 0 heterocycles. The Balaban J connectivity index is 2.65. The molecule has 1 aromatic carbocycles. The van der Waals surface area contributed by atoms with Gasteiger partial charge in [-0.2, -0.15) is 0 Å². The molecule has 5 heteroatoms. The van der Waals surface area contributed by atoms with Crippen molar-refractivity contribution in [3.63, 3.8) is 0 Å². The van der Waals surface area contributed by atoms with E-state index >= 15 is 0 Å². The molecule has 0 unspecified atom stereocenters. The quantitative estimate of drug-likeness (QED) is 0.733. The molecule has 0 saturated carbocycles. The van der Waals surface area contributed by atoms with Crippen LogP contribution in [0.5, 0.6) is 0 Å². The molecule has 0 aliphatic carbocycles. The van der Waals surface area contributed by atoms with Gasteiger partial charge < -0.3 is 15.5 Å². The van der Waals surface area contributed by atoms with E-state index in [-0.39, 0.29) is 12.0 Å². The fraction of sp³-hybridized carbons (Fsp3) is 0.667. The summed E-state index contributed by atoms with van der Waals surface area (Å²) in [7, 11) is 1.97. The van der Waals surface area contributed by atoms with E-state index in [1.54, 1.807) is 0 Å². The summed E-state index contributed by atoms with van der Waals surface area (Å²) in [5, 5.41) is 0. The molecule has 4 nitrogen and oxygen atoms in total. The van der Waals surface area contributed by atoms with Gasteiger partial charge >= 0.3 is 0 Å². The van der Waals surface area contributed by atoms with Crippen molar-refractivity contribution in [3.8, 4) is 0 Å². The van der Waals surface area contributed by atoms with Gasteiger partial charge in [0.25, 0.3) is 0 Å². The van der Waals surface area contributed by atoms with Crippen LogP contribution in [0.3, 0.4) is 0 Å². The van der Waals surface area contributed by atoms with E-state index in [0.29, 0.717) is 10.1 Å². The van der Waals surface area contributed by atoms with Crippen molar-refractivity contribution in [2.24, 2.45) is 5.73 Å². The number of hydrogen-bond acceptors (Lipinski definition) is 5. The number of rotatable bonds is 7. The molecule has 96 valence electrons. The molecule has 0 aromatic heterocycles. The predicted molar refractivity (Wildman–Crippen MR) is 74.9 cm³/mol. The Morgan fingerprint density at radius 2 is 1.82 bits per heavy atom. The van der Waals surface area contributed by atoms with E-state index in [0.717, 1.165) is 31.9 Å². The van der Waals surface area contributed by atoms with Gasteiger partial charge in [-0.15, -0.1) is 0 Å². The van der Waals surface area contributed by atoms with Crippen molar-refractivity contribution >= 4 is 17.9 Å². The molecule has 0 aliphatic heterocycles. The van der Waals surface area contributed by atoms with Crippen LogP contribution in [0, 0.1) is 4.51 Å². The molecule has 0 fully saturated rings. The van der Waals surface area contributed by atoms with Crippen LogP contribution in [0.4, 0.5) is 5.69 Å². The molecule has 0 bridgehead atoms. The summed E-state index contributed by atoms with van der Waals surface area (Å²) in [4.78, 5) is 15.8. The molecular formula is C12H21N3OS. The van der Waals surface area contributed by atoms with E-state index in [9.17, 15) is 4.79 Å². The Morgan fingerprint density at radius 3 is 2.29 bits per heavy atom. The Labute approximate surface area is 108 Å². The van der Waals surface area contributed by atoms with Crippen LogP contribution in [-0.2, 0) is 6.54 Å². The first-order chi connectivity index (χ1) is 8.06. The first-order valence-electron chi connectivity index (χ1n) is 6.02. The van der Waals surface area contributed by atoms with Crippen molar-refractivity contribution in [2.75, 3.05) is 38.1 Å². The third-order valence-corrected chi connectivity index (χ3v) is 3.59. The second-order valence-electron chi connectivity index (χ2n) is 4.14. The van der Waals surface area contributed by atoms with Crippen molar-refractivity contribution in [1.29, 1.82) is 0 Å². The van der Waals surface area contributed by atoms with Gasteiger partial charge in [0.05, 0.1) is 5.69 Å². The van der Waals surface area contributed by atoms with Gasteiger partial charge in [0.1, 0.15) is 4.51 Å². The standard InChI is InChI=1S/C12H21N3OS/c1-4-15(5-2)7-6-14(3)10-9(8-13)11(16)12(10)17/h4-8,13H2,1-3H3. The highest BCUT2D eigenvalue weighted by atomic mass is 32.1. The van der Waals surface area contributed by atoms with Crippen molar-refractivity contribution in [2.45, 2.75) is 20.4 Å². The van der Waals surface area contributed by atoms with Crippen LogP contribution in [0.1, 0.15) is 19.4 Å². The van der Waals surface area contributed by atoms with E-state index < -0.39 is 0 Å². The molecule has 0 aliphatic rings. The maximum absolute atomic E-state index is 11.4. The summed E-state index contributed by atoms with van der Waals surface area (Å²) in [6, 6.07) is 0. The summed E-state index contributed by atoms with van der Waals surface area (Å²) in [6.45, 7) is 8.49. The number of hydrogen-bond donors (Lipinski definition) is 1. The molecule has 0 spiro atoms. The zero-order valence-electron chi connectivity index (χ0n) is 10.8. The molecule has 0 atom stereocenters. The SMILES string of the molecule is CCN(CC)CCN(C)c1c(CN)c(=O)c1=S. The Hall–Kier alpha value is -0.780. The van der Waals surface area contributed by atoms with Gasteiger partial charge in [-0.05, 0) is 13.1 Å². The fourth-order valence-corrected chi connectivity index (χ4v) is 2.37. The van der Waals surface area contributed by atoms with Crippen molar-refractivity contribution < 1.29 is 0 Å². The maximum Gasteiger partial charge on any atom is 0.205 e. The van der Waals surface area contributed by atoms with Crippen molar-refractivity contribution in [1.82, 2.24) is 4.90 Å². The summed E-state index contributed by atoms with van der Waals surface area (Å²) in [5.74, 6) is 0. The van der Waals surface area contributed by atoms with Gasteiger partial charge in [-0.3, -0.25) is 4.79 Å². The molecule has 17 heavy (non-hydrogen) atoms. The molecule has 0 radical (unpaired) electrons. The summed E-state index contributed by atoms with van der Waals surface area (Å²) >= 11 is 5.07. The monoisotopic (exact) mass is 255 g/mol. The topological polar surface area (TPSA) is 49.6 Å². The lowest BCUT2D eigenvalue weighted by atomic mass is 10.1. The minimum Gasteiger partial charge on any atom is -0.372 e. The third-order valence-electron chi connectivity index (χ3n) is 3.21. The second-order valence-corrected chi connectivity index (χ2v) is 4.55. The average molecular weight is 255 g/mol. The number of likely N-dealkylation sites (N-methyl/N-ethyl adjacent to an activating group) is 2. The van der Waals surface area contributed by atoms with Crippen LogP contribution >= 0.6 is 12.2 Å². The van der Waals surface area contributed by atoms with E-state index in [1.165, 1.54) is 0 Å².